The molecule has 1 aliphatic heterocycles. The van der Waals surface area contributed by atoms with E-state index in [2.05, 4.69) is 25.1 Å². The molecule has 10 heteroatoms. The van der Waals surface area contributed by atoms with Gasteiger partial charge in [0.1, 0.15) is 5.69 Å². The van der Waals surface area contributed by atoms with Crippen LogP contribution in [0.25, 0.3) is 0 Å². The van der Waals surface area contributed by atoms with Crippen LogP contribution in [0.15, 0.2) is 10.5 Å². The van der Waals surface area contributed by atoms with Crippen LogP contribution >= 0.6 is 0 Å². The lowest BCUT2D eigenvalue weighted by molar-refractivity contribution is -0.141. The molecular formula is C14H17F3N6O. The molecule has 0 saturated carbocycles. The Labute approximate surface area is 136 Å². The van der Waals surface area contributed by atoms with Gasteiger partial charge in [0.2, 0.25) is 17.7 Å². The van der Waals surface area contributed by atoms with Gasteiger partial charge in [-0.15, -0.1) is 10.2 Å². The summed E-state index contributed by atoms with van der Waals surface area (Å²) in [7, 11) is 0. The summed E-state index contributed by atoms with van der Waals surface area (Å²) in [5.74, 6) is 1.17. The molecule has 0 atom stereocenters. The predicted molar refractivity (Wildman–Crippen MR) is 78.3 cm³/mol. The molecule has 0 aliphatic carbocycles. The number of hydrogen-bond acceptors (Lipinski definition) is 7. The lowest BCUT2D eigenvalue weighted by Crippen LogP contribution is -2.46. The highest BCUT2D eigenvalue weighted by Crippen LogP contribution is 2.29. The number of piperazine rings is 1. The van der Waals surface area contributed by atoms with Crippen molar-refractivity contribution in [1.29, 1.82) is 0 Å². The molecule has 0 aromatic carbocycles. The molecule has 7 nitrogen and oxygen atoms in total. The molecule has 3 rings (SSSR count). The van der Waals surface area contributed by atoms with Gasteiger partial charge in [0.25, 0.3) is 0 Å². The monoisotopic (exact) mass is 342 g/mol. The third kappa shape index (κ3) is 3.81. The van der Waals surface area contributed by atoms with Gasteiger partial charge in [-0.3, -0.25) is 4.90 Å². The van der Waals surface area contributed by atoms with E-state index in [1.54, 1.807) is 11.8 Å². The molecule has 0 amide bonds. The minimum atomic E-state index is -4.47. The fraction of sp³-hybridized carbons (Fsp3) is 0.571. The van der Waals surface area contributed by atoms with Crippen molar-refractivity contribution in [3.05, 3.63) is 29.2 Å². The minimum Gasteiger partial charge on any atom is -0.424 e. The van der Waals surface area contributed by atoms with E-state index in [1.807, 2.05) is 0 Å². The molecule has 0 radical (unpaired) electrons. The molecule has 0 unspecified atom stereocenters. The number of aryl methyl sites for hydroxylation is 2. The molecule has 1 saturated heterocycles. The second-order valence-electron chi connectivity index (χ2n) is 5.67. The SMILES string of the molecule is Cc1cc(C(F)(F)F)nc(N2CCN(Cc3nnc(C)o3)CC2)n1. The van der Waals surface area contributed by atoms with Gasteiger partial charge >= 0.3 is 6.18 Å². The molecule has 3 heterocycles. The highest BCUT2D eigenvalue weighted by atomic mass is 19.4. The van der Waals surface area contributed by atoms with Crippen molar-refractivity contribution in [2.24, 2.45) is 0 Å². The fourth-order valence-corrected chi connectivity index (χ4v) is 2.54. The Bertz CT molecular complexity index is 709. The minimum absolute atomic E-state index is 0.121. The van der Waals surface area contributed by atoms with Crippen LogP contribution in [-0.4, -0.2) is 51.2 Å². The van der Waals surface area contributed by atoms with Crippen molar-refractivity contribution < 1.29 is 17.6 Å². The molecule has 130 valence electrons. The van der Waals surface area contributed by atoms with Gasteiger partial charge in [0.15, 0.2) is 0 Å². The summed E-state index contributed by atoms with van der Waals surface area (Å²) in [4.78, 5) is 11.7. The Morgan fingerprint density at radius 3 is 2.38 bits per heavy atom. The van der Waals surface area contributed by atoms with E-state index in [1.165, 1.54) is 6.92 Å². The maximum Gasteiger partial charge on any atom is 0.433 e. The third-order valence-corrected chi connectivity index (χ3v) is 3.71. The van der Waals surface area contributed by atoms with E-state index < -0.39 is 11.9 Å². The molecule has 0 spiro atoms. The van der Waals surface area contributed by atoms with E-state index in [9.17, 15) is 13.2 Å². The first-order chi connectivity index (χ1) is 11.3. The molecule has 1 fully saturated rings. The molecule has 2 aromatic rings. The first kappa shape index (κ1) is 16.6. The second kappa shape index (κ2) is 6.34. The lowest BCUT2D eigenvalue weighted by Gasteiger charge is -2.34. The standard InChI is InChI=1S/C14H17F3N6O/c1-9-7-11(14(15,16)17)19-13(18-9)23-5-3-22(4-6-23)8-12-21-20-10(2)24-12/h7H,3-6,8H2,1-2H3. The number of nitrogens with zero attached hydrogens (tertiary/aromatic N) is 6. The Hall–Kier alpha value is -2.23. The van der Waals surface area contributed by atoms with E-state index >= 15 is 0 Å². The van der Waals surface area contributed by atoms with E-state index in [0.29, 0.717) is 50.2 Å². The van der Waals surface area contributed by atoms with Gasteiger partial charge in [-0.2, -0.15) is 13.2 Å². The molecular weight excluding hydrogens is 325 g/mol. The first-order valence-corrected chi connectivity index (χ1v) is 7.50. The first-order valence-electron chi connectivity index (χ1n) is 7.50. The van der Waals surface area contributed by atoms with Gasteiger partial charge in [0, 0.05) is 38.8 Å². The van der Waals surface area contributed by atoms with Crippen molar-refractivity contribution in [2.75, 3.05) is 31.1 Å². The van der Waals surface area contributed by atoms with Crippen molar-refractivity contribution in [3.8, 4) is 0 Å². The van der Waals surface area contributed by atoms with Crippen LogP contribution in [0.1, 0.15) is 23.2 Å². The normalized spacial score (nSPS) is 16.6. The van der Waals surface area contributed by atoms with Crippen LogP contribution in [0.2, 0.25) is 0 Å². The lowest BCUT2D eigenvalue weighted by atomic mass is 10.3. The van der Waals surface area contributed by atoms with Gasteiger partial charge in [-0.1, -0.05) is 0 Å². The van der Waals surface area contributed by atoms with Crippen LogP contribution in [0.4, 0.5) is 19.1 Å². The number of hydrogen-bond donors (Lipinski definition) is 0. The largest absolute Gasteiger partial charge is 0.433 e. The third-order valence-electron chi connectivity index (χ3n) is 3.71. The van der Waals surface area contributed by atoms with Crippen molar-refractivity contribution >= 4 is 5.95 Å². The van der Waals surface area contributed by atoms with Crippen LogP contribution in [0.5, 0.6) is 0 Å². The van der Waals surface area contributed by atoms with Gasteiger partial charge in [-0.05, 0) is 13.0 Å². The van der Waals surface area contributed by atoms with Gasteiger partial charge in [-0.25, -0.2) is 9.97 Å². The van der Waals surface area contributed by atoms with Crippen LogP contribution < -0.4 is 4.90 Å². The average molecular weight is 342 g/mol. The summed E-state index contributed by atoms with van der Waals surface area (Å²) in [6.45, 7) is 6.16. The van der Waals surface area contributed by atoms with Gasteiger partial charge in [0.05, 0.1) is 6.54 Å². The quantitative estimate of drug-likeness (QED) is 0.842. The van der Waals surface area contributed by atoms with Crippen molar-refractivity contribution in [3.63, 3.8) is 0 Å². The van der Waals surface area contributed by atoms with E-state index in [-0.39, 0.29) is 5.95 Å². The number of alkyl halides is 3. The van der Waals surface area contributed by atoms with E-state index in [4.69, 9.17) is 4.42 Å². The summed E-state index contributed by atoms with van der Waals surface area (Å²) in [5, 5.41) is 7.72. The van der Waals surface area contributed by atoms with E-state index in [0.717, 1.165) is 6.07 Å². The Morgan fingerprint density at radius 2 is 1.79 bits per heavy atom. The fourth-order valence-electron chi connectivity index (χ4n) is 2.54. The predicted octanol–water partition coefficient (Wildman–Crippen LogP) is 1.82. The average Bonchev–Trinajstić information content (AvgIpc) is 2.91. The molecule has 0 bridgehead atoms. The van der Waals surface area contributed by atoms with Crippen molar-refractivity contribution in [1.82, 2.24) is 25.1 Å². The Balaban J connectivity index is 1.65. The number of aromatic nitrogens is 4. The molecule has 0 N–H and O–H groups in total. The summed E-state index contributed by atoms with van der Waals surface area (Å²) in [5.41, 5.74) is -0.607. The zero-order valence-electron chi connectivity index (χ0n) is 13.3. The summed E-state index contributed by atoms with van der Waals surface area (Å²) in [6, 6.07) is 0.956. The number of halogens is 3. The number of rotatable bonds is 3. The Kier molecular flexibility index (Phi) is 4.39. The zero-order chi connectivity index (χ0) is 17.3. The summed E-state index contributed by atoms with van der Waals surface area (Å²) >= 11 is 0. The van der Waals surface area contributed by atoms with Crippen LogP contribution in [0.3, 0.4) is 0 Å². The smallest absolute Gasteiger partial charge is 0.424 e. The highest BCUT2D eigenvalue weighted by Gasteiger charge is 2.34. The summed E-state index contributed by atoms with van der Waals surface area (Å²) in [6.07, 6.45) is -4.47. The summed E-state index contributed by atoms with van der Waals surface area (Å²) < 4.78 is 44.0. The van der Waals surface area contributed by atoms with Crippen molar-refractivity contribution in [2.45, 2.75) is 26.6 Å². The molecule has 1 aliphatic rings. The van der Waals surface area contributed by atoms with Crippen LogP contribution in [0, 0.1) is 13.8 Å². The van der Waals surface area contributed by atoms with Gasteiger partial charge < -0.3 is 9.32 Å². The molecule has 24 heavy (non-hydrogen) atoms. The topological polar surface area (TPSA) is 71.2 Å². The highest BCUT2D eigenvalue weighted by molar-refractivity contribution is 5.33. The Morgan fingerprint density at radius 1 is 1.08 bits per heavy atom. The second-order valence-corrected chi connectivity index (χ2v) is 5.67. The molecule has 2 aromatic heterocycles. The maximum atomic E-state index is 12.9. The maximum absolute atomic E-state index is 12.9. The zero-order valence-corrected chi connectivity index (χ0v) is 13.3. The van der Waals surface area contributed by atoms with Crippen LogP contribution in [-0.2, 0) is 12.7 Å². The number of anilines is 1.